The van der Waals surface area contributed by atoms with Crippen LogP contribution in [0.15, 0.2) is 23.8 Å². The first-order chi connectivity index (χ1) is 9.76. The van der Waals surface area contributed by atoms with Crippen LogP contribution in [0.4, 0.5) is 11.6 Å². The average Bonchev–Trinajstić information content (AvgIpc) is 2.97. The van der Waals surface area contributed by atoms with Crippen molar-refractivity contribution >= 4 is 23.0 Å². The second kappa shape index (κ2) is 7.24. The van der Waals surface area contributed by atoms with Gasteiger partial charge in [-0.15, -0.1) is 11.3 Å². The number of nitrogens with one attached hydrogen (secondary N) is 2. The van der Waals surface area contributed by atoms with Crippen LogP contribution in [0.1, 0.15) is 43.7 Å². The summed E-state index contributed by atoms with van der Waals surface area (Å²) in [6.07, 6.45) is 3.68. The molecule has 0 bridgehead atoms. The monoisotopic (exact) mass is 290 g/mol. The third kappa shape index (κ3) is 3.48. The van der Waals surface area contributed by atoms with Crippen LogP contribution in [0.5, 0.6) is 0 Å². The van der Waals surface area contributed by atoms with Gasteiger partial charge in [0.1, 0.15) is 18.0 Å². The summed E-state index contributed by atoms with van der Waals surface area (Å²) in [5.41, 5.74) is 1.18. The van der Waals surface area contributed by atoms with E-state index in [2.05, 4.69) is 58.9 Å². The molecule has 2 aromatic rings. The number of hydrogen-bond acceptors (Lipinski definition) is 5. The number of thiophene rings is 1. The van der Waals surface area contributed by atoms with Crippen molar-refractivity contribution in [1.82, 2.24) is 9.97 Å². The lowest BCUT2D eigenvalue weighted by Crippen LogP contribution is -2.12. The van der Waals surface area contributed by atoms with Gasteiger partial charge in [0.2, 0.25) is 0 Å². The third-order valence-electron chi connectivity index (χ3n) is 3.11. The highest BCUT2D eigenvalue weighted by molar-refractivity contribution is 7.10. The van der Waals surface area contributed by atoms with E-state index in [1.165, 1.54) is 10.4 Å². The predicted octanol–water partition coefficient (Wildman–Crippen LogP) is 4.10. The Morgan fingerprint density at radius 3 is 2.70 bits per heavy atom. The minimum atomic E-state index is 0.259. The van der Waals surface area contributed by atoms with Gasteiger partial charge in [0.25, 0.3) is 0 Å². The van der Waals surface area contributed by atoms with E-state index in [1.807, 2.05) is 0 Å². The second-order valence-corrected chi connectivity index (χ2v) is 5.69. The fraction of sp³-hybridized carbons (Fsp3) is 0.467. The average molecular weight is 290 g/mol. The number of rotatable bonds is 7. The summed E-state index contributed by atoms with van der Waals surface area (Å²) in [6, 6.07) is 4.48. The third-order valence-corrected chi connectivity index (χ3v) is 4.17. The zero-order valence-corrected chi connectivity index (χ0v) is 13.1. The summed E-state index contributed by atoms with van der Waals surface area (Å²) < 4.78 is 0. The number of anilines is 2. The van der Waals surface area contributed by atoms with Crippen molar-refractivity contribution in [2.24, 2.45) is 0 Å². The summed E-state index contributed by atoms with van der Waals surface area (Å²) in [5, 5.41) is 8.94. The molecular weight excluding hydrogens is 268 g/mol. The molecular formula is C15H22N4S. The van der Waals surface area contributed by atoms with Crippen molar-refractivity contribution < 1.29 is 0 Å². The summed E-state index contributed by atoms with van der Waals surface area (Å²) in [4.78, 5) is 10.1. The van der Waals surface area contributed by atoms with Gasteiger partial charge in [0.15, 0.2) is 0 Å². The van der Waals surface area contributed by atoms with Crippen molar-refractivity contribution in [2.75, 3.05) is 17.2 Å². The smallest absolute Gasteiger partial charge is 0.135 e. The van der Waals surface area contributed by atoms with E-state index in [9.17, 15) is 0 Å². The molecule has 20 heavy (non-hydrogen) atoms. The summed E-state index contributed by atoms with van der Waals surface area (Å²) >= 11 is 1.76. The van der Waals surface area contributed by atoms with Gasteiger partial charge in [-0.2, -0.15) is 0 Å². The topological polar surface area (TPSA) is 49.8 Å². The first-order valence-electron chi connectivity index (χ1n) is 7.13. The van der Waals surface area contributed by atoms with E-state index in [1.54, 1.807) is 17.7 Å². The molecule has 0 fully saturated rings. The Balaban J connectivity index is 2.23. The molecule has 0 aliphatic carbocycles. The standard InChI is InChI=1S/C15H22N4S/c1-4-7-12-14(16-5-2)17-10-18-15(12)19-11(3)13-8-6-9-20-13/h6,8-11H,4-5,7H2,1-3H3,(H2,16,17,18,19). The van der Waals surface area contributed by atoms with E-state index in [-0.39, 0.29) is 6.04 Å². The Labute approximate surface area is 124 Å². The van der Waals surface area contributed by atoms with Gasteiger partial charge < -0.3 is 10.6 Å². The molecule has 0 saturated carbocycles. The fourth-order valence-corrected chi connectivity index (χ4v) is 2.89. The quantitative estimate of drug-likeness (QED) is 0.806. The number of nitrogens with zero attached hydrogens (tertiary/aromatic N) is 2. The molecule has 2 aromatic heterocycles. The highest BCUT2D eigenvalue weighted by Gasteiger charge is 2.13. The maximum atomic E-state index is 4.43. The van der Waals surface area contributed by atoms with Crippen LogP contribution in [0.3, 0.4) is 0 Å². The van der Waals surface area contributed by atoms with Crippen molar-refractivity contribution in [2.45, 2.75) is 39.7 Å². The molecule has 2 rings (SSSR count). The lowest BCUT2D eigenvalue weighted by Gasteiger charge is -2.18. The van der Waals surface area contributed by atoms with Crippen molar-refractivity contribution in [3.8, 4) is 0 Å². The molecule has 0 spiro atoms. The molecule has 0 aromatic carbocycles. The highest BCUT2D eigenvalue weighted by atomic mass is 32.1. The van der Waals surface area contributed by atoms with Crippen molar-refractivity contribution in [3.05, 3.63) is 34.3 Å². The predicted molar refractivity (Wildman–Crippen MR) is 86.5 cm³/mol. The molecule has 0 amide bonds. The molecule has 108 valence electrons. The van der Waals surface area contributed by atoms with E-state index in [0.717, 1.165) is 31.0 Å². The normalized spacial score (nSPS) is 12.2. The van der Waals surface area contributed by atoms with Crippen LogP contribution in [-0.2, 0) is 6.42 Å². The largest absolute Gasteiger partial charge is 0.370 e. The van der Waals surface area contributed by atoms with E-state index >= 15 is 0 Å². The zero-order chi connectivity index (χ0) is 14.4. The molecule has 1 atom stereocenters. The van der Waals surface area contributed by atoms with Crippen molar-refractivity contribution in [3.63, 3.8) is 0 Å². The molecule has 0 aliphatic rings. The first kappa shape index (κ1) is 14.8. The molecule has 2 N–H and O–H groups in total. The van der Waals surface area contributed by atoms with Crippen LogP contribution < -0.4 is 10.6 Å². The molecule has 1 unspecified atom stereocenters. The maximum absolute atomic E-state index is 4.43. The van der Waals surface area contributed by atoms with Gasteiger partial charge >= 0.3 is 0 Å². The SMILES string of the molecule is CCCc1c(NCC)ncnc1NC(C)c1cccs1. The minimum Gasteiger partial charge on any atom is -0.370 e. The van der Waals surface area contributed by atoms with Crippen LogP contribution in [0.2, 0.25) is 0 Å². The van der Waals surface area contributed by atoms with Crippen LogP contribution in [0, 0.1) is 0 Å². The maximum Gasteiger partial charge on any atom is 0.135 e. The fourth-order valence-electron chi connectivity index (χ4n) is 2.16. The first-order valence-corrected chi connectivity index (χ1v) is 8.01. The Hall–Kier alpha value is -1.62. The van der Waals surface area contributed by atoms with E-state index in [0.29, 0.717) is 0 Å². The molecule has 2 heterocycles. The lowest BCUT2D eigenvalue weighted by atomic mass is 10.1. The Morgan fingerprint density at radius 1 is 1.25 bits per heavy atom. The molecule has 0 aliphatic heterocycles. The minimum absolute atomic E-state index is 0.259. The summed E-state index contributed by atoms with van der Waals surface area (Å²) in [7, 11) is 0. The van der Waals surface area contributed by atoms with Gasteiger partial charge in [0, 0.05) is 17.0 Å². The van der Waals surface area contributed by atoms with Gasteiger partial charge in [-0.05, 0) is 31.7 Å². The molecule has 0 saturated heterocycles. The van der Waals surface area contributed by atoms with Crippen LogP contribution in [0.25, 0.3) is 0 Å². The summed E-state index contributed by atoms with van der Waals surface area (Å²) in [6.45, 7) is 7.29. The van der Waals surface area contributed by atoms with Gasteiger partial charge in [0.05, 0.1) is 6.04 Å². The van der Waals surface area contributed by atoms with Crippen molar-refractivity contribution in [1.29, 1.82) is 0 Å². The highest BCUT2D eigenvalue weighted by Crippen LogP contribution is 2.27. The number of aromatic nitrogens is 2. The molecule has 0 radical (unpaired) electrons. The van der Waals surface area contributed by atoms with E-state index in [4.69, 9.17) is 0 Å². The molecule has 4 nitrogen and oxygen atoms in total. The Kier molecular flexibility index (Phi) is 5.35. The summed E-state index contributed by atoms with van der Waals surface area (Å²) in [5.74, 6) is 1.89. The van der Waals surface area contributed by atoms with Gasteiger partial charge in [-0.25, -0.2) is 9.97 Å². The molecule has 5 heteroatoms. The van der Waals surface area contributed by atoms with E-state index < -0.39 is 0 Å². The second-order valence-electron chi connectivity index (χ2n) is 4.71. The van der Waals surface area contributed by atoms with Crippen LogP contribution >= 0.6 is 11.3 Å². The Morgan fingerprint density at radius 2 is 2.05 bits per heavy atom. The number of hydrogen-bond donors (Lipinski definition) is 2. The zero-order valence-electron chi connectivity index (χ0n) is 12.3. The van der Waals surface area contributed by atoms with Crippen LogP contribution in [-0.4, -0.2) is 16.5 Å². The van der Waals surface area contributed by atoms with Gasteiger partial charge in [-0.3, -0.25) is 0 Å². The Bertz CT molecular complexity index is 525. The lowest BCUT2D eigenvalue weighted by molar-refractivity contribution is 0.858. The van der Waals surface area contributed by atoms with Gasteiger partial charge in [-0.1, -0.05) is 19.4 Å².